The van der Waals surface area contributed by atoms with Crippen LogP contribution in [0, 0.1) is 5.92 Å². The van der Waals surface area contributed by atoms with Crippen molar-refractivity contribution in [3.8, 4) is 0 Å². The molecule has 2 aliphatic rings. The minimum atomic E-state index is -0.285. The first-order valence-corrected chi connectivity index (χ1v) is 10.7. The SMILES string of the molecule is CC(C)CNC(=O)c1cccc(NC2c3ccccc3C(=O)N2CC2CCCO2)c1. The van der Waals surface area contributed by atoms with Gasteiger partial charge in [0.1, 0.15) is 6.17 Å². The Kier molecular flexibility index (Phi) is 6.04. The highest BCUT2D eigenvalue weighted by molar-refractivity contribution is 5.99. The lowest BCUT2D eigenvalue weighted by Crippen LogP contribution is -2.38. The average Bonchev–Trinajstić information content (AvgIpc) is 3.35. The Morgan fingerprint density at radius 1 is 1.20 bits per heavy atom. The molecular formula is C24H29N3O3. The molecule has 0 saturated carbocycles. The summed E-state index contributed by atoms with van der Waals surface area (Å²) in [6, 6.07) is 15.1. The number of rotatable bonds is 7. The van der Waals surface area contributed by atoms with Crippen molar-refractivity contribution in [2.24, 2.45) is 5.92 Å². The molecule has 2 aromatic rings. The highest BCUT2D eigenvalue weighted by Crippen LogP contribution is 2.35. The maximum atomic E-state index is 13.1. The number of carbonyl (C=O) groups excluding carboxylic acids is 2. The third kappa shape index (κ3) is 4.33. The van der Waals surface area contributed by atoms with Crippen LogP contribution < -0.4 is 10.6 Å². The van der Waals surface area contributed by atoms with E-state index in [0.29, 0.717) is 24.6 Å². The zero-order chi connectivity index (χ0) is 21.1. The summed E-state index contributed by atoms with van der Waals surface area (Å²) in [5, 5.41) is 6.43. The first kappa shape index (κ1) is 20.4. The molecule has 4 rings (SSSR count). The van der Waals surface area contributed by atoms with Crippen LogP contribution in [0.4, 0.5) is 5.69 Å². The number of fused-ring (bicyclic) bond motifs is 1. The second-order valence-electron chi connectivity index (χ2n) is 8.41. The van der Waals surface area contributed by atoms with Crippen LogP contribution in [-0.2, 0) is 4.74 Å². The maximum Gasteiger partial charge on any atom is 0.256 e. The number of hydrogen-bond donors (Lipinski definition) is 2. The second-order valence-corrected chi connectivity index (χ2v) is 8.41. The second kappa shape index (κ2) is 8.88. The molecule has 2 amide bonds. The van der Waals surface area contributed by atoms with Crippen LogP contribution in [-0.4, -0.2) is 42.5 Å². The molecule has 6 heteroatoms. The van der Waals surface area contributed by atoms with Crippen LogP contribution in [0.3, 0.4) is 0 Å². The maximum absolute atomic E-state index is 13.1. The molecule has 1 fully saturated rings. The zero-order valence-corrected chi connectivity index (χ0v) is 17.6. The molecule has 6 nitrogen and oxygen atoms in total. The molecule has 0 spiro atoms. The topological polar surface area (TPSA) is 70.7 Å². The fourth-order valence-electron chi connectivity index (χ4n) is 4.03. The molecule has 2 aliphatic heterocycles. The molecule has 2 atom stereocenters. The van der Waals surface area contributed by atoms with E-state index in [1.807, 2.05) is 47.4 Å². The van der Waals surface area contributed by atoms with Crippen LogP contribution >= 0.6 is 0 Å². The van der Waals surface area contributed by atoms with Crippen molar-refractivity contribution in [2.75, 3.05) is 25.0 Å². The number of benzene rings is 2. The first-order valence-electron chi connectivity index (χ1n) is 10.7. The fraction of sp³-hybridized carbons (Fsp3) is 0.417. The Morgan fingerprint density at radius 2 is 2.03 bits per heavy atom. The lowest BCUT2D eigenvalue weighted by molar-refractivity contribution is 0.0488. The number of anilines is 1. The van der Waals surface area contributed by atoms with E-state index in [1.165, 1.54) is 0 Å². The van der Waals surface area contributed by atoms with Gasteiger partial charge in [-0.3, -0.25) is 9.59 Å². The Bertz CT molecular complexity index is 921. The molecule has 2 aromatic carbocycles. The van der Waals surface area contributed by atoms with E-state index in [1.54, 1.807) is 6.07 Å². The van der Waals surface area contributed by atoms with Crippen molar-refractivity contribution in [1.82, 2.24) is 10.2 Å². The molecule has 0 radical (unpaired) electrons. The average molecular weight is 408 g/mol. The Hall–Kier alpha value is -2.86. The molecule has 2 N–H and O–H groups in total. The van der Waals surface area contributed by atoms with Gasteiger partial charge in [0.2, 0.25) is 0 Å². The molecule has 1 saturated heterocycles. The molecule has 0 aliphatic carbocycles. The summed E-state index contributed by atoms with van der Waals surface area (Å²) < 4.78 is 5.78. The summed E-state index contributed by atoms with van der Waals surface area (Å²) in [6.07, 6.45) is 1.79. The summed E-state index contributed by atoms with van der Waals surface area (Å²) >= 11 is 0. The van der Waals surface area contributed by atoms with Crippen molar-refractivity contribution in [2.45, 2.75) is 39.0 Å². The van der Waals surface area contributed by atoms with Gasteiger partial charge < -0.3 is 20.3 Å². The standard InChI is InChI=1S/C24H29N3O3/c1-16(2)14-25-23(28)17-7-5-8-18(13-17)26-22-20-10-3-4-11-21(20)24(29)27(22)15-19-9-6-12-30-19/h3-5,7-8,10-11,13,16,19,22,26H,6,9,12,14-15H2,1-2H3,(H,25,28). The third-order valence-electron chi connectivity index (χ3n) is 5.58. The molecule has 158 valence electrons. The van der Waals surface area contributed by atoms with Gasteiger partial charge in [-0.2, -0.15) is 0 Å². The predicted octanol–water partition coefficient (Wildman–Crippen LogP) is 3.82. The van der Waals surface area contributed by atoms with E-state index in [-0.39, 0.29) is 24.1 Å². The number of nitrogens with zero attached hydrogens (tertiary/aromatic N) is 1. The molecule has 2 heterocycles. The lowest BCUT2D eigenvalue weighted by Gasteiger charge is -2.29. The molecule has 30 heavy (non-hydrogen) atoms. The third-order valence-corrected chi connectivity index (χ3v) is 5.58. The highest BCUT2D eigenvalue weighted by atomic mass is 16.5. The number of amides is 2. The van der Waals surface area contributed by atoms with Gasteiger partial charge >= 0.3 is 0 Å². The summed E-state index contributed by atoms with van der Waals surface area (Å²) in [6.45, 7) is 6.08. The van der Waals surface area contributed by atoms with Gasteiger partial charge in [0.25, 0.3) is 11.8 Å². The molecule has 0 aromatic heterocycles. The van der Waals surface area contributed by atoms with Crippen molar-refractivity contribution >= 4 is 17.5 Å². The predicted molar refractivity (Wildman–Crippen MR) is 116 cm³/mol. The van der Waals surface area contributed by atoms with Crippen LogP contribution in [0.2, 0.25) is 0 Å². The Labute approximate surface area is 177 Å². The molecule has 2 unspecified atom stereocenters. The van der Waals surface area contributed by atoms with Gasteiger partial charge in [-0.25, -0.2) is 0 Å². The largest absolute Gasteiger partial charge is 0.376 e. The van der Waals surface area contributed by atoms with E-state index in [9.17, 15) is 9.59 Å². The van der Waals surface area contributed by atoms with Crippen molar-refractivity contribution in [3.63, 3.8) is 0 Å². The van der Waals surface area contributed by atoms with E-state index in [4.69, 9.17) is 4.74 Å². The summed E-state index contributed by atoms with van der Waals surface area (Å²) in [5.41, 5.74) is 3.08. The minimum absolute atomic E-state index is 0.0180. The van der Waals surface area contributed by atoms with Crippen molar-refractivity contribution < 1.29 is 14.3 Å². The number of hydrogen-bond acceptors (Lipinski definition) is 4. The summed E-state index contributed by atoms with van der Waals surface area (Å²) in [5.74, 6) is 0.318. The highest BCUT2D eigenvalue weighted by Gasteiger charge is 2.38. The number of carbonyl (C=O) groups is 2. The smallest absolute Gasteiger partial charge is 0.256 e. The van der Waals surface area contributed by atoms with Crippen molar-refractivity contribution in [1.29, 1.82) is 0 Å². The van der Waals surface area contributed by atoms with E-state index >= 15 is 0 Å². The van der Waals surface area contributed by atoms with Gasteiger partial charge in [-0.15, -0.1) is 0 Å². The van der Waals surface area contributed by atoms with Crippen LogP contribution in [0.25, 0.3) is 0 Å². The van der Waals surface area contributed by atoms with Crippen LogP contribution in [0.15, 0.2) is 48.5 Å². The van der Waals surface area contributed by atoms with Gasteiger partial charge in [0.15, 0.2) is 0 Å². The summed E-state index contributed by atoms with van der Waals surface area (Å²) in [4.78, 5) is 27.4. The normalized spacial score (nSPS) is 20.5. The monoisotopic (exact) mass is 407 g/mol. The van der Waals surface area contributed by atoms with Crippen molar-refractivity contribution in [3.05, 3.63) is 65.2 Å². The quantitative estimate of drug-likeness (QED) is 0.732. The number of ether oxygens (including phenoxy) is 1. The Balaban J connectivity index is 1.56. The van der Waals surface area contributed by atoms with Crippen LogP contribution in [0.5, 0.6) is 0 Å². The fourth-order valence-corrected chi connectivity index (χ4v) is 4.03. The van der Waals surface area contributed by atoms with E-state index in [0.717, 1.165) is 36.3 Å². The Morgan fingerprint density at radius 3 is 2.80 bits per heavy atom. The molecule has 0 bridgehead atoms. The van der Waals surface area contributed by atoms with Gasteiger partial charge in [-0.05, 0) is 43.0 Å². The molecular weight excluding hydrogens is 378 g/mol. The van der Waals surface area contributed by atoms with Crippen LogP contribution in [0.1, 0.15) is 59.1 Å². The first-order chi connectivity index (χ1) is 14.5. The van der Waals surface area contributed by atoms with Gasteiger partial charge in [0.05, 0.1) is 6.10 Å². The van der Waals surface area contributed by atoms with E-state index < -0.39 is 0 Å². The van der Waals surface area contributed by atoms with E-state index in [2.05, 4.69) is 24.5 Å². The van der Waals surface area contributed by atoms with Gasteiger partial charge in [0, 0.05) is 42.1 Å². The van der Waals surface area contributed by atoms with Gasteiger partial charge in [-0.1, -0.05) is 38.1 Å². The summed E-state index contributed by atoms with van der Waals surface area (Å²) in [7, 11) is 0. The zero-order valence-electron chi connectivity index (χ0n) is 17.6. The minimum Gasteiger partial charge on any atom is -0.376 e. The number of nitrogens with one attached hydrogen (secondary N) is 2. The lowest BCUT2D eigenvalue weighted by atomic mass is 10.1.